The molecular weight excluding hydrogens is 258 g/mol. The Kier molecular flexibility index (Phi) is 3.82. The molecule has 1 aliphatic rings. The largest absolute Gasteiger partial charge is 0.378 e. The smallest absolute Gasteiger partial charge is 0.0695 e. The standard InChI is InChI=1S/C18H19N3/c1-21(2)17-7-5-14(6-8-17)12-15-9-11-20-18(15)16-4-3-10-19-13-16/h3-8,10,12-13H,9,11H2,1-2H3/b15-12+. The molecular formula is C18H19N3. The molecule has 0 saturated carbocycles. The van der Waals surface area contributed by atoms with Crippen LogP contribution in [0.2, 0.25) is 0 Å². The van der Waals surface area contributed by atoms with Gasteiger partial charge in [0.25, 0.3) is 0 Å². The Hall–Kier alpha value is -2.42. The summed E-state index contributed by atoms with van der Waals surface area (Å²) in [7, 11) is 4.11. The third-order valence-corrected chi connectivity index (χ3v) is 3.64. The molecule has 1 aliphatic heterocycles. The van der Waals surface area contributed by atoms with E-state index < -0.39 is 0 Å². The van der Waals surface area contributed by atoms with E-state index in [1.54, 1.807) is 6.20 Å². The lowest BCUT2D eigenvalue weighted by atomic mass is 10.0. The maximum Gasteiger partial charge on any atom is 0.0695 e. The van der Waals surface area contributed by atoms with E-state index in [2.05, 4.69) is 65.4 Å². The Bertz CT molecular complexity index is 667. The maximum atomic E-state index is 4.63. The number of hydrogen-bond acceptors (Lipinski definition) is 3. The molecule has 3 rings (SSSR count). The zero-order valence-electron chi connectivity index (χ0n) is 12.5. The van der Waals surface area contributed by atoms with Crippen LogP contribution in [0.4, 0.5) is 5.69 Å². The Balaban J connectivity index is 1.87. The number of pyridine rings is 1. The van der Waals surface area contributed by atoms with Gasteiger partial charge in [-0.1, -0.05) is 12.1 Å². The summed E-state index contributed by atoms with van der Waals surface area (Å²) < 4.78 is 0. The first-order valence-corrected chi connectivity index (χ1v) is 7.17. The van der Waals surface area contributed by atoms with Gasteiger partial charge in [0.2, 0.25) is 0 Å². The summed E-state index contributed by atoms with van der Waals surface area (Å²) in [5.74, 6) is 0. The van der Waals surface area contributed by atoms with Gasteiger partial charge < -0.3 is 4.90 Å². The molecule has 0 fully saturated rings. The summed E-state index contributed by atoms with van der Waals surface area (Å²) in [6.45, 7) is 0.867. The van der Waals surface area contributed by atoms with Crippen molar-refractivity contribution in [3.05, 3.63) is 65.5 Å². The van der Waals surface area contributed by atoms with Gasteiger partial charge in [-0.2, -0.15) is 0 Å². The molecule has 3 heteroatoms. The molecule has 0 bridgehead atoms. The molecule has 3 nitrogen and oxygen atoms in total. The molecule has 2 aromatic rings. The molecule has 106 valence electrons. The second-order valence-corrected chi connectivity index (χ2v) is 5.38. The van der Waals surface area contributed by atoms with E-state index >= 15 is 0 Å². The van der Waals surface area contributed by atoms with Crippen LogP contribution in [-0.2, 0) is 0 Å². The molecule has 0 N–H and O–H groups in total. The number of aromatic nitrogens is 1. The van der Waals surface area contributed by atoms with Crippen molar-refractivity contribution in [2.24, 2.45) is 4.99 Å². The molecule has 21 heavy (non-hydrogen) atoms. The third-order valence-electron chi connectivity index (χ3n) is 3.64. The highest BCUT2D eigenvalue weighted by molar-refractivity contribution is 6.15. The number of rotatable bonds is 3. The van der Waals surface area contributed by atoms with Crippen molar-refractivity contribution in [2.45, 2.75) is 6.42 Å². The minimum absolute atomic E-state index is 0.867. The lowest BCUT2D eigenvalue weighted by molar-refractivity contribution is 1.05. The maximum absolute atomic E-state index is 4.63. The molecule has 0 unspecified atom stereocenters. The first kappa shape index (κ1) is 13.6. The highest BCUT2D eigenvalue weighted by atomic mass is 15.1. The normalized spacial score (nSPS) is 16.1. The molecule has 0 saturated heterocycles. The number of anilines is 1. The van der Waals surface area contributed by atoms with Gasteiger partial charge >= 0.3 is 0 Å². The van der Waals surface area contributed by atoms with E-state index in [0.717, 1.165) is 24.2 Å². The van der Waals surface area contributed by atoms with Gasteiger partial charge in [-0.25, -0.2) is 0 Å². The molecule has 0 aliphatic carbocycles. The van der Waals surface area contributed by atoms with Gasteiger partial charge in [-0.15, -0.1) is 0 Å². The van der Waals surface area contributed by atoms with Crippen LogP contribution < -0.4 is 4.90 Å². The highest BCUT2D eigenvalue weighted by Crippen LogP contribution is 2.22. The van der Waals surface area contributed by atoms with Gasteiger partial charge in [0, 0.05) is 44.3 Å². The average molecular weight is 277 g/mol. The molecule has 1 aromatic heterocycles. The van der Waals surface area contributed by atoms with E-state index in [0.29, 0.717) is 0 Å². The number of nitrogens with zero attached hydrogens (tertiary/aromatic N) is 3. The van der Waals surface area contributed by atoms with Crippen LogP contribution in [0.3, 0.4) is 0 Å². The fraction of sp³-hybridized carbons (Fsp3) is 0.222. The molecule has 0 radical (unpaired) electrons. The van der Waals surface area contributed by atoms with Crippen molar-refractivity contribution in [1.82, 2.24) is 4.98 Å². The molecule has 0 atom stereocenters. The van der Waals surface area contributed by atoms with Crippen LogP contribution in [0, 0.1) is 0 Å². The van der Waals surface area contributed by atoms with E-state index in [1.807, 2.05) is 12.3 Å². The van der Waals surface area contributed by atoms with Gasteiger partial charge in [0.15, 0.2) is 0 Å². The topological polar surface area (TPSA) is 28.5 Å². The van der Waals surface area contributed by atoms with Gasteiger partial charge in [-0.05, 0) is 47.9 Å². The summed E-state index contributed by atoms with van der Waals surface area (Å²) in [5, 5.41) is 0. The van der Waals surface area contributed by atoms with Crippen LogP contribution in [0.25, 0.3) is 6.08 Å². The predicted molar refractivity (Wildman–Crippen MR) is 89.0 cm³/mol. The molecule has 0 spiro atoms. The molecule has 2 heterocycles. The van der Waals surface area contributed by atoms with Crippen LogP contribution in [0.5, 0.6) is 0 Å². The second kappa shape index (κ2) is 5.92. The first-order chi connectivity index (χ1) is 10.2. The van der Waals surface area contributed by atoms with Crippen LogP contribution >= 0.6 is 0 Å². The summed E-state index contributed by atoms with van der Waals surface area (Å²) >= 11 is 0. The Morgan fingerprint density at radius 1 is 1.10 bits per heavy atom. The van der Waals surface area contributed by atoms with Crippen LogP contribution in [0.1, 0.15) is 17.5 Å². The zero-order chi connectivity index (χ0) is 14.7. The lowest BCUT2D eigenvalue weighted by Gasteiger charge is -2.12. The molecule has 1 aromatic carbocycles. The molecule has 0 amide bonds. The Morgan fingerprint density at radius 3 is 2.57 bits per heavy atom. The SMILES string of the molecule is CN(C)c1ccc(/C=C2\CCN=C2c2cccnc2)cc1. The summed E-state index contributed by atoms with van der Waals surface area (Å²) in [4.78, 5) is 10.9. The summed E-state index contributed by atoms with van der Waals surface area (Å²) in [5.41, 5.74) is 5.91. The third kappa shape index (κ3) is 3.02. The van der Waals surface area contributed by atoms with E-state index in [1.165, 1.54) is 16.8 Å². The quantitative estimate of drug-likeness (QED) is 0.860. The number of aliphatic imine (C=N–C) groups is 1. The Labute approximate surface area is 125 Å². The highest BCUT2D eigenvalue weighted by Gasteiger charge is 2.15. The van der Waals surface area contributed by atoms with Crippen molar-refractivity contribution in [3.8, 4) is 0 Å². The van der Waals surface area contributed by atoms with Crippen LogP contribution in [-0.4, -0.2) is 31.3 Å². The van der Waals surface area contributed by atoms with E-state index in [4.69, 9.17) is 0 Å². The lowest BCUT2D eigenvalue weighted by Crippen LogP contribution is -2.08. The average Bonchev–Trinajstić information content (AvgIpc) is 2.97. The van der Waals surface area contributed by atoms with E-state index in [9.17, 15) is 0 Å². The van der Waals surface area contributed by atoms with Gasteiger partial charge in [-0.3, -0.25) is 9.98 Å². The monoisotopic (exact) mass is 277 g/mol. The van der Waals surface area contributed by atoms with Crippen molar-refractivity contribution in [3.63, 3.8) is 0 Å². The number of hydrogen-bond donors (Lipinski definition) is 0. The summed E-state index contributed by atoms with van der Waals surface area (Å²) in [6, 6.07) is 12.6. The zero-order valence-corrected chi connectivity index (χ0v) is 12.5. The number of benzene rings is 1. The fourth-order valence-corrected chi connectivity index (χ4v) is 2.50. The van der Waals surface area contributed by atoms with Crippen LogP contribution in [0.15, 0.2) is 59.4 Å². The van der Waals surface area contributed by atoms with Gasteiger partial charge in [0.1, 0.15) is 0 Å². The predicted octanol–water partition coefficient (Wildman–Crippen LogP) is 3.42. The van der Waals surface area contributed by atoms with Crippen molar-refractivity contribution in [2.75, 3.05) is 25.5 Å². The minimum Gasteiger partial charge on any atom is -0.378 e. The van der Waals surface area contributed by atoms with E-state index in [-0.39, 0.29) is 0 Å². The first-order valence-electron chi connectivity index (χ1n) is 7.17. The van der Waals surface area contributed by atoms with Crippen molar-refractivity contribution < 1.29 is 0 Å². The van der Waals surface area contributed by atoms with Gasteiger partial charge in [0.05, 0.1) is 5.71 Å². The second-order valence-electron chi connectivity index (χ2n) is 5.38. The van der Waals surface area contributed by atoms with Crippen molar-refractivity contribution in [1.29, 1.82) is 0 Å². The Morgan fingerprint density at radius 2 is 1.90 bits per heavy atom. The van der Waals surface area contributed by atoms with Crippen molar-refractivity contribution >= 4 is 17.5 Å². The minimum atomic E-state index is 0.867. The fourth-order valence-electron chi connectivity index (χ4n) is 2.50. The summed E-state index contributed by atoms with van der Waals surface area (Å²) in [6.07, 6.45) is 6.91.